The maximum absolute atomic E-state index is 12.3. The molecule has 0 radical (unpaired) electrons. The number of para-hydroxylation sites is 1. The lowest BCUT2D eigenvalue weighted by molar-refractivity contribution is -0.116. The van der Waals surface area contributed by atoms with Crippen LogP contribution in [0.1, 0.15) is 33.9 Å². The number of carbonyl (C=O) groups is 1. The maximum atomic E-state index is 12.3. The van der Waals surface area contributed by atoms with Gasteiger partial charge in [0.05, 0.1) is 0 Å². The van der Waals surface area contributed by atoms with Crippen LogP contribution in [0.2, 0.25) is 0 Å². The van der Waals surface area contributed by atoms with E-state index >= 15 is 0 Å². The summed E-state index contributed by atoms with van der Waals surface area (Å²) in [6, 6.07) is 12.7. The van der Waals surface area contributed by atoms with Crippen LogP contribution >= 0.6 is 11.3 Å². The van der Waals surface area contributed by atoms with Crippen LogP contribution < -0.4 is 16.4 Å². The molecule has 0 saturated carbocycles. The fourth-order valence-electron chi connectivity index (χ4n) is 3.87. The van der Waals surface area contributed by atoms with Crippen LogP contribution in [0.25, 0.3) is 0 Å². The Kier molecular flexibility index (Phi) is 3.46. The Morgan fingerprint density at radius 1 is 1.04 bits per heavy atom. The van der Waals surface area contributed by atoms with Crippen LogP contribution in [0.5, 0.6) is 0 Å². The molecular weight excluding hydrogens is 344 g/mol. The number of nitrogen functional groups attached to an aromatic ring is 1. The van der Waals surface area contributed by atoms with Gasteiger partial charge in [-0.2, -0.15) is 0 Å². The molecule has 4 N–H and O–H groups in total. The molecule has 0 spiro atoms. The number of carbonyl (C=O) groups excluding carboxylic acids is 1. The first-order chi connectivity index (χ1) is 12.7. The molecule has 1 aromatic heterocycles. The minimum Gasteiger partial charge on any atom is -0.375 e. The second kappa shape index (κ2) is 5.85. The number of anilines is 4. The minimum absolute atomic E-state index is 0.0180. The average molecular weight is 362 g/mol. The highest BCUT2D eigenvalue weighted by Gasteiger charge is 2.29. The van der Waals surface area contributed by atoms with E-state index in [0.29, 0.717) is 11.6 Å². The first-order valence-corrected chi connectivity index (χ1v) is 9.52. The highest BCUT2D eigenvalue weighted by Crippen LogP contribution is 2.43. The SMILES string of the molecule is Nc1ncc([C@@H]2CC(=O)Nc3cc4c(cc32)CCc2ccccc2N4)s1. The van der Waals surface area contributed by atoms with Gasteiger partial charge in [-0.3, -0.25) is 4.79 Å². The number of nitrogens with one attached hydrogen (secondary N) is 2. The average Bonchev–Trinajstić information content (AvgIpc) is 2.98. The smallest absolute Gasteiger partial charge is 0.225 e. The molecule has 6 heteroatoms. The molecule has 5 rings (SSSR count). The van der Waals surface area contributed by atoms with E-state index < -0.39 is 0 Å². The van der Waals surface area contributed by atoms with Crippen LogP contribution in [0, 0.1) is 0 Å². The fourth-order valence-corrected chi connectivity index (χ4v) is 4.68. The summed E-state index contributed by atoms with van der Waals surface area (Å²) in [6.07, 6.45) is 4.20. The van der Waals surface area contributed by atoms with Gasteiger partial charge in [0, 0.05) is 40.5 Å². The Bertz CT molecular complexity index is 1030. The van der Waals surface area contributed by atoms with E-state index in [4.69, 9.17) is 5.73 Å². The van der Waals surface area contributed by atoms with E-state index in [1.165, 1.54) is 22.5 Å². The summed E-state index contributed by atoms with van der Waals surface area (Å²) in [5.74, 6) is 0.0490. The predicted octanol–water partition coefficient (Wildman–Crippen LogP) is 4.04. The third-order valence-electron chi connectivity index (χ3n) is 5.15. The highest BCUT2D eigenvalue weighted by molar-refractivity contribution is 7.15. The topological polar surface area (TPSA) is 80.0 Å². The Labute approximate surface area is 155 Å². The molecule has 26 heavy (non-hydrogen) atoms. The first-order valence-electron chi connectivity index (χ1n) is 8.70. The quantitative estimate of drug-likeness (QED) is 0.610. The van der Waals surface area contributed by atoms with Crippen LogP contribution in [0.4, 0.5) is 22.2 Å². The molecule has 0 saturated heterocycles. The zero-order valence-corrected chi connectivity index (χ0v) is 14.9. The lowest BCUT2D eigenvalue weighted by Crippen LogP contribution is -2.23. The largest absolute Gasteiger partial charge is 0.375 e. The fraction of sp³-hybridized carbons (Fsp3) is 0.200. The van der Waals surface area contributed by atoms with Gasteiger partial charge < -0.3 is 16.4 Å². The van der Waals surface area contributed by atoms with Crippen LogP contribution in [-0.4, -0.2) is 10.9 Å². The van der Waals surface area contributed by atoms with Gasteiger partial charge in [0.1, 0.15) is 0 Å². The van der Waals surface area contributed by atoms with Gasteiger partial charge in [0.2, 0.25) is 5.91 Å². The molecule has 2 aromatic carbocycles. The molecule has 2 aliphatic heterocycles. The molecule has 0 bridgehead atoms. The van der Waals surface area contributed by atoms with E-state index in [2.05, 4.69) is 45.9 Å². The molecule has 0 fully saturated rings. The van der Waals surface area contributed by atoms with Gasteiger partial charge in [-0.25, -0.2) is 4.98 Å². The zero-order chi connectivity index (χ0) is 17.7. The van der Waals surface area contributed by atoms with Gasteiger partial charge in [-0.1, -0.05) is 24.3 Å². The molecule has 2 aliphatic rings. The number of amides is 1. The van der Waals surface area contributed by atoms with Crippen molar-refractivity contribution in [3.63, 3.8) is 0 Å². The monoisotopic (exact) mass is 362 g/mol. The number of rotatable bonds is 1. The summed E-state index contributed by atoms with van der Waals surface area (Å²) < 4.78 is 0. The number of nitrogens with zero attached hydrogens (tertiary/aromatic N) is 1. The Morgan fingerprint density at radius 3 is 2.73 bits per heavy atom. The molecule has 5 nitrogen and oxygen atoms in total. The van der Waals surface area contributed by atoms with Crippen LogP contribution in [0.3, 0.4) is 0 Å². The molecule has 3 heterocycles. The summed E-state index contributed by atoms with van der Waals surface area (Å²) in [5.41, 5.74) is 12.6. The second-order valence-corrected chi connectivity index (χ2v) is 7.88. The van der Waals surface area contributed by atoms with Crippen LogP contribution in [0.15, 0.2) is 42.6 Å². The van der Waals surface area contributed by atoms with Gasteiger partial charge in [-0.15, -0.1) is 11.3 Å². The zero-order valence-electron chi connectivity index (χ0n) is 14.1. The third kappa shape index (κ3) is 2.54. The molecule has 1 atom stereocenters. The van der Waals surface area contributed by atoms with E-state index in [1.54, 1.807) is 6.20 Å². The number of aryl methyl sites for hydroxylation is 2. The van der Waals surface area contributed by atoms with Crippen molar-refractivity contribution in [3.05, 3.63) is 64.2 Å². The normalized spacial score (nSPS) is 18.0. The molecule has 3 aromatic rings. The van der Waals surface area contributed by atoms with Crippen molar-refractivity contribution >= 4 is 39.4 Å². The van der Waals surface area contributed by atoms with E-state index in [9.17, 15) is 4.79 Å². The summed E-state index contributed by atoms with van der Waals surface area (Å²) in [4.78, 5) is 17.5. The van der Waals surface area contributed by atoms with Gasteiger partial charge in [0.15, 0.2) is 5.13 Å². The van der Waals surface area contributed by atoms with Crippen molar-refractivity contribution in [1.29, 1.82) is 0 Å². The Balaban J connectivity index is 1.61. The lowest BCUT2D eigenvalue weighted by Gasteiger charge is -2.26. The molecular formula is C20H18N4OS. The number of hydrogen-bond acceptors (Lipinski definition) is 5. The summed E-state index contributed by atoms with van der Waals surface area (Å²) in [7, 11) is 0. The minimum atomic E-state index is 0.0180. The third-order valence-corrected chi connectivity index (χ3v) is 6.09. The van der Waals surface area contributed by atoms with Gasteiger partial charge in [0.25, 0.3) is 0 Å². The van der Waals surface area contributed by atoms with Crippen LogP contribution in [-0.2, 0) is 17.6 Å². The van der Waals surface area contributed by atoms with Crippen molar-refractivity contribution in [3.8, 4) is 0 Å². The highest BCUT2D eigenvalue weighted by atomic mass is 32.1. The van der Waals surface area contributed by atoms with Gasteiger partial charge in [-0.05, 0) is 41.7 Å². The molecule has 1 amide bonds. The number of aromatic nitrogens is 1. The number of benzene rings is 2. The summed E-state index contributed by atoms with van der Waals surface area (Å²) in [6.45, 7) is 0. The molecule has 130 valence electrons. The van der Waals surface area contributed by atoms with Crippen molar-refractivity contribution in [1.82, 2.24) is 4.98 Å². The summed E-state index contributed by atoms with van der Waals surface area (Å²) >= 11 is 1.46. The summed E-state index contributed by atoms with van der Waals surface area (Å²) in [5, 5.41) is 7.12. The van der Waals surface area contributed by atoms with Crippen molar-refractivity contribution in [2.24, 2.45) is 0 Å². The second-order valence-electron chi connectivity index (χ2n) is 6.78. The Morgan fingerprint density at radius 2 is 1.88 bits per heavy atom. The van der Waals surface area contributed by atoms with E-state index in [1.807, 2.05) is 6.07 Å². The Hall–Kier alpha value is -2.86. The van der Waals surface area contributed by atoms with Crippen molar-refractivity contribution in [2.75, 3.05) is 16.4 Å². The lowest BCUT2D eigenvalue weighted by atomic mass is 9.87. The number of fused-ring (bicyclic) bond motifs is 3. The molecule has 0 aliphatic carbocycles. The standard InChI is InChI=1S/C20H18N4OS/c21-20-22-10-18(26-20)14-8-19(25)24-17-9-16-12(7-13(14)17)6-5-11-3-1-2-4-15(11)23-16/h1-4,7,9-10,14,23H,5-6,8H2,(H2,21,22)(H,24,25)/t14-/m1/s1. The van der Waals surface area contributed by atoms with E-state index in [-0.39, 0.29) is 11.8 Å². The van der Waals surface area contributed by atoms with Gasteiger partial charge >= 0.3 is 0 Å². The first kappa shape index (κ1) is 15.4. The maximum Gasteiger partial charge on any atom is 0.225 e. The van der Waals surface area contributed by atoms with E-state index in [0.717, 1.165) is 40.3 Å². The number of hydrogen-bond donors (Lipinski definition) is 3. The van der Waals surface area contributed by atoms with Crippen molar-refractivity contribution < 1.29 is 4.79 Å². The van der Waals surface area contributed by atoms with Crippen molar-refractivity contribution in [2.45, 2.75) is 25.2 Å². The molecule has 0 unspecified atom stereocenters. The predicted molar refractivity (Wildman–Crippen MR) is 105 cm³/mol. The number of nitrogens with two attached hydrogens (primary N) is 1. The number of thiazole rings is 1.